The summed E-state index contributed by atoms with van der Waals surface area (Å²) in [5, 5.41) is 7.28. The highest BCUT2D eigenvalue weighted by atomic mass is 16.2. The highest BCUT2D eigenvalue weighted by Crippen LogP contribution is 2.25. The average molecular weight is 321 g/mol. The third-order valence-corrected chi connectivity index (χ3v) is 4.37. The summed E-state index contributed by atoms with van der Waals surface area (Å²) in [5.74, 6) is 0.625. The van der Waals surface area contributed by atoms with Gasteiger partial charge in [0.2, 0.25) is 0 Å². The van der Waals surface area contributed by atoms with Crippen LogP contribution in [-0.2, 0) is 0 Å². The van der Waals surface area contributed by atoms with E-state index in [1.54, 1.807) is 12.7 Å². The number of likely N-dealkylation sites (tertiary alicyclic amines) is 1. The fourth-order valence-electron chi connectivity index (χ4n) is 3.45. The fraction of sp³-hybridized carbons (Fsp3) is 0.824. The molecule has 0 saturated carbocycles. The first kappa shape index (κ1) is 17.8. The maximum absolute atomic E-state index is 12.3. The number of piperidine rings is 1. The molecule has 1 N–H and O–H groups in total. The van der Waals surface area contributed by atoms with Crippen molar-refractivity contribution in [2.24, 2.45) is 11.3 Å². The molecule has 1 fully saturated rings. The van der Waals surface area contributed by atoms with Crippen molar-refractivity contribution in [3.63, 3.8) is 0 Å². The van der Waals surface area contributed by atoms with Gasteiger partial charge in [-0.1, -0.05) is 27.7 Å². The maximum atomic E-state index is 12.3. The summed E-state index contributed by atoms with van der Waals surface area (Å²) in [6.07, 6.45) is 7.56. The monoisotopic (exact) mass is 321 g/mol. The molecule has 1 aromatic heterocycles. The molecular formula is C17H31N5O. The molecule has 1 aromatic rings. The lowest BCUT2D eigenvalue weighted by molar-refractivity contribution is 0.162. The van der Waals surface area contributed by atoms with E-state index in [1.165, 1.54) is 6.42 Å². The Balaban J connectivity index is 1.73. The molecular weight excluding hydrogens is 290 g/mol. The molecule has 2 rings (SSSR count). The number of hydrogen-bond acceptors (Lipinski definition) is 3. The molecule has 1 aliphatic rings. The van der Waals surface area contributed by atoms with Crippen molar-refractivity contribution in [3.05, 3.63) is 12.7 Å². The van der Waals surface area contributed by atoms with Crippen LogP contribution in [0.2, 0.25) is 0 Å². The highest BCUT2D eigenvalue weighted by Gasteiger charge is 2.25. The van der Waals surface area contributed by atoms with Crippen molar-refractivity contribution in [2.45, 2.75) is 59.4 Å². The Morgan fingerprint density at radius 3 is 2.87 bits per heavy atom. The number of nitrogens with one attached hydrogen (secondary N) is 1. The van der Waals surface area contributed by atoms with E-state index < -0.39 is 0 Å². The van der Waals surface area contributed by atoms with Crippen LogP contribution >= 0.6 is 0 Å². The minimum atomic E-state index is 0.0535. The number of rotatable bonds is 5. The standard InChI is InChI=1S/C17H31N5O/c1-14(10-17(2,3)4)7-8-19-16(23)21-9-5-6-15(11-21)22-13-18-12-20-22/h12-15H,5-11H2,1-4H3,(H,19,23)/t14-,15+/m1/s1. The summed E-state index contributed by atoms with van der Waals surface area (Å²) in [7, 11) is 0. The summed E-state index contributed by atoms with van der Waals surface area (Å²) >= 11 is 0. The Hall–Kier alpha value is -1.59. The zero-order chi connectivity index (χ0) is 16.9. The van der Waals surface area contributed by atoms with Crippen molar-refractivity contribution in [2.75, 3.05) is 19.6 Å². The maximum Gasteiger partial charge on any atom is 0.317 e. The second-order valence-electron chi connectivity index (χ2n) is 8.01. The Morgan fingerprint density at radius 2 is 2.22 bits per heavy atom. The Bertz CT molecular complexity index is 480. The molecule has 0 radical (unpaired) electrons. The minimum absolute atomic E-state index is 0.0535. The molecule has 1 saturated heterocycles. The van der Waals surface area contributed by atoms with Crippen molar-refractivity contribution in [1.82, 2.24) is 25.0 Å². The molecule has 6 nitrogen and oxygen atoms in total. The van der Waals surface area contributed by atoms with E-state index in [0.29, 0.717) is 17.9 Å². The normalized spacial score (nSPS) is 20.3. The lowest BCUT2D eigenvalue weighted by atomic mass is 9.84. The van der Waals surface area contributed by atoms with E-state index >= 15 is 0 Å². The van der Waals surface area contributed by atoms with Gasteiger partial charge in [0, 0.05) is 19.6 Å². The second kappa shape index (κ2) is 7.79. The van der Waals surface area contributed by atoms with Gasteiger partial charge in [-0.05, 0) is 37.0 Å². The molecule has 1 aliphatic heterocycles. The van der Waals surface area contributed by atoms with E-state index in [-0.39, 0.29) is 12.1 Å². The molecule has 0 aromatic carbocycles. The van der Waals surface area contributed by atoms with Gasteiger partial charge >= 0.3 is 6.03 Å². The van der Waals surface area contributed by atoms with Crippen molar-refractivity contribution in [3.8, 4) is 0 Å². The summed E-state index contributed by atoms with van der Waals surface area (Å²) in [6, 6.07) is 0.301. The topological polar surface area (TPSA) is 63.1 Å². The largest absolute Gasteiger partial charge is 0.338 e. The van der Waals surface area contributed by atoms with Crippen molar-refractivity contribution in [1.29, 1.82) is 0 Å². The Kier molecular flexibility index (Phi) is 6.02. The van der Waals surface area contributed by atoms with Gasteiger partial charge in [0.15, 0.2) is 0 Å². The lowest BCUT2D eigenvalue weighted by Crippen LogP contribution is -2.46. The van der Waals surface area contributed by atoms with Crippen LogP contribution < -0.4 is 5.32 Å². The molecule has 6 heteroatoms. The van der Waals surface area contributed by atoms with Gasteiger partial charge in [-0.15, -0.1) is 0 Å². The van der Waals surface area contributed by atoms with E-state index in [2.05, 4.69) is 43.1 Å². The summed E-state index contributed by atoms with van der Waals surface area (Å²) < 4.78 is 1.87. The number of hydrogen-bond donors (Lipinski definition) is 1. The summed E-state index contributed by atoms with van der Waals surface area (Å²) in [6.45, 7) is 11.3. The van der Waals surface area contributed by atoms with Crippen LogP contribution in [0.5, 0.6) is 0 Å². The molecule has 0 aliphatic carbocycles. The zero-order valence-electron chi connectivity index (χ0n) is 15.0. The SMILES string of the molecule is C[C@H](CCNC(=O)N1CCC[C@H](n2cncn2)C1)CC(C)(C)C. The predicted molar refractivity (Wildman–Crippen MR) is 91.1 cm³/mol. The molecule has 2 amide bonds. The van der Waals surface area contributed by atoms with Gasteiger partial charge in [-0.25, -0.2) is 14.5 Å². The van der Waals surface area contributed by atoms with Gasteiger partial charge in [0.25, 0.3) is 0 Å². The van der Waals surface area contributed by atoms with Gasteiger partial charge in [-0.3, -0.25) is 0 Å². The quantitative estimate of drug-likeness (QED) is 0.906. The minimum Gasteiger partial charge on any atom is -0.338 e. The number of urea groups is 1. The fourth-order valence-corrected chi connectivity index (χ4v) is 3.45. The number of carbonyl (C=O) groups is 1. The van der Waals surface area contributed by atoms with Crippen LogP contribution in [-0.4, -0.2) is 45.3 Å². The molecule has 0 bridgehead atoms. The first-order valence-electron chi connectivity index (χ1n) is 8.72. The Morgan fingerprint density at radius 1 is 1.43 bits per heavy atom. The summed E-state index contributed by atoms with van der Waals surface area (Å²) in [4.78, 5) is 18.3. The van der Waals surface area contributed by atoms with Crippen molar-refractivity contribution >= 4 is 6.03 Å². The Labute approximate surface area is 139 Å². The third-order valence-electron chi connectivity index (χ3n) is 4.37. The zero-order valence-corrected chi connectivity index (χ0v) is 15.0. The number of nitrogens with zero attached hydrogens (tertiary/aromatic N) is 4. The first-order valence-corrected chi connectivity index (χ1v) is 8.72. The predicted octanol–water partition coefficient (Wildman–Crippen LogP) is 3.09. The van der Waals surface area contributed by atoms with Crippen LogP contribution in [0.15, 0.2) is 12.7 Å². The number of aromatic nitrogens is 3. The molecule has 0 spiro atoms. The average Bonchev–Trinajstić information content (AvgIpc) is 2.99. The van der Waals surface area contributed by atoms with Crippen LogP contribution in [0, 0.1) is 11.3 Å². The third kappa shape index (κ3) is 5.84. The van der Waals surface area contributed by atoms with Gasteiger partial charge in [0.1, 0.15) is 12.7 Å². The summed E-state index contributed by atoms with van der Waals surface area (Å²) in [5.41, 5.74) is 0.349. The van der Waals surface area contributed by atoms with Gasteiger partial charge < -0.3 is 10.2 Å². The lowest BCUT2D eigenvalue weighted by Gasteiger charge is -2.32. The van der Waals surface area contributed by atoms with E-state index in [9.17, 15) is 4.79 Å². The van der Waals surface area contributed by atoms with Crippen LogP contribution in [0.1, 0.15) is 59.4 Å². The molecule has 2 heterocycles. The number of amides is 2. The van der Waals surface area contributed by atoms with Crippen molar-refractivity contribution < 1.29 is 4.79 Å². The molecule has 2 atom stereocenters. The number of carbonyl (C=O) groups excluding carboxylic acids is 1. The van der Waals surface area contributed by atoms with Gasteiger partial charge in [-0.2, -0.15) is 5.10 Å². The molecule has 0 unspecified atom stereocenters. The van der Waals surface area contributed by atoms with Crippen LogP contribution in [0.3, 0.4) is 0 Å². The molecule has 130 valence electrons. The first-order chi connectivity index (χ1) is 10.8. The highest BCUT2D eigenvalue weighted by molar-refractivity contribution is 5.74. The van der Waals surface area contributed by atoms with E-state index in [0.717, 1.165) is 32.4 Å². The van der Waals surface area contributed by atoms with Crippen LogP contribution in [0.4, 0.5) is 4.79 Å². The smallest absolute Gasteiger partial charge is 0.317 e. The molecule has 23 heavy (non-hydrogen) atoms. The van der Waals surface area contributed by atoms with Gasteiger partial charge in [0.05, 0.1) is 6.04 Å². The van der Waals surface area contributed by atoms with E-state index in [4.69, 9.17) is 0 Å². The second-order valence-corrected chi connectivity index (χ2v) is 8.01. The van der Waals surface area contributed by atoms with Crippen LogP contribution in [0.25, 0.3) is 0 Å². The van der Waals surface area contributed by atoms with E-state index in [1.807, 2.05) is 9.58 Å².